The fraction of sp³-hybridized carbons (Fsp3) is 0.455. The molecule has 0 saturated heterocycles. The first kappa shape index (κ1) is 12.0. The van der Waals surface area contributed by atoms with Gasteiger partial charge in [0.15, 0.2) is 17.5 Å². The van der Waals surface area contributed by atoms with Gasteiger partial charge >= 0.3 is 0 Å². The van der Waals surface area contributed by atoms with Crippen LogP contribution in [0.4, 0.5) is 13.2 Å². The summed E-state index contributed by atoms with van der Waals surface area (Å²) in [6.45, 7) is 3.74. The van der Waals surface area contributed by atoms with E-state index in [-0.39, 0.29) is 11.5 Å². The van der Waals surface area contributed by atoms with Crippen molar-refractivity contribution in [2.24, 2.45) is 11.7 Å². The third-order valence-electron chi connectivity index (χ3n) is 2.68. The summed E-state index contributed by atoms with van der Waals surface area (Å²) in [5.74, 6) is -3.80. The summed E-state index contributed by atoms with van der Waals surface area (Å²) in [5.41, 5.74) is 5.77. The minimum Gasteiger partial charge on any atom is -0.324 e. The molecule has 0 aliphatic heterocycles. The second-order valence-electron chi connectivity index (χ2n) is 3.68. The first-order chi connectivity index (χ1) is 6.99. The van der Waals surface area contributed by atoms with Crippen molar-refractivity contribution >= 4 is 0 Å². The molecule has 15 heavy (non-hydrogen) atoms. The van der Waals surface area contributed by atoms with Crippen molar-refractivity contribution in [3.63, 3.8) is 0 Å². The van der Waals surface area contributed by atoms with Crippen molar-refractivity contribution in [1.29, 1.82) is 0 Å². The minimum absolute atomic E-state index is 0.0179. The fourth-order valence-electron chi connectivity index (χ4n) is 1.36. The van der Waals surface area contributed by atoms with Crippen molar-refractivity contribution < 1.29 is 13.2 Å². The molecule has 0 saturated carbocycles. The largest absolute Gasteiger partial charge is 0.324 e. The molecule has 1 aromatic rings. The van der Waals surface area contributed by atoms with Crippen LogP contribution in [-0.2, 0) is 0 Å². The molecule has 2 N–H and O–H groups in total. The van der Waals surface area contributed by atoms with E-state index in [0.29, 0.717) is 0 Å². The Hall–Kier alpha value is -1.03. The van der Waals surface area contributed by atoms with Crippen LogP contribution < -0.4 is 5.73 Å². The molecule has 1 nitrogen and oxygen atoms in total. The number of halogens is 3. The normalized spacial score (nSPS) is 15.1. The van der Waals surface area contributed by atoms with Gasteiger partial charge in [0.25, 0.3) is 0 Å². The van der Waals surface area contributed by atoms with E-state index in [0.717, 1.165) is 12.5 Å². The van der Waals surface area contributed by atoms with Gasteiger partial charge in [0.05, 0.1) is 0 Å². The smallest absolute Gasteiger partial charge is 0.194 e. The minimum atomic E-state index is -1.45. The number of hydrogen-bond acceptors (Lipinski definition) is 1. The maximum atomic E-state index is 13.3. The number of rotatable bonds is 3. The summed E-state index contributed by atoms with van der Waals surface area (Å²) in [6.07, 6.45) is 0.750. The Kier molecular flexibility index (Phi) is 3.74. The van der Waals surface area contributed by atoms with Crippen LogP contribution in [0, 0.1) is 23.4 Å². The van der Waals surface area contributed by atoms with Crippen molar-refractivity contribution in [2.75, 3.05) is 0 Å². The lowest BCUT2D eigenvalue weighted by Crippen LogP contribution is -2.20. The molecule has 0 heterocycles. The van der Waals surface area contributed by atoms with Crippen LogP contribution in [0.2, 0.25) is 0 Å². The summed E-state index contributed by atoms with van der Waals surface area (Å²) < 4.78 is 38.9. The van der Waals surface area contributed by atoms with Gasteiger partial charge < -0.3 is 5.73 Å². The maximum absolute atomic E-state index is 13.3. The van der Waals surface area contributed by atoms with Crippen LogP contribution in [-0.4, -0.2) is 0 Å². The second-order valence-corrected chi connectivity index (χ2v) is 3.68. The predicted molar refractivity (Wildman–Crippen MR) is 52.7 cm³/mol. The fourth-order valence-corrected chi connectivity index (χ4v) is 1.36. The van der Waals surface area contributed by atoms with E-state index in [1.165, 1.54) is 6.07 Å². The molecule has 2 unspecified atom stereocenters. The molecule has 0 radical (unpaired) electrons. The van der Waals surface area contributed by atoms with Crippen molar-refractivity contribution in [1.82, 2.24) is 0 Å². The highest BCUT2D eigenvalue weighted by Gasteiger charge is 2.21. The lowest BCUT2D eigenvalue weighted by Gasteiger charge is -2.19. The highest BCUT2D eigenvalue weighted by atomic mass is 19.2. The molecule has 0 bridgehead atoms. The van der Waals surface area contributed by atoms with E-state index in [1.807, 2.05) is 13.8 Å². The molecule has 0 fully saturated rings. The maximum Gasteiger partial charge on any atom is 0.194 e. The van der Waals surface area contributed by atoms with Crippen LogP contribution in [0.15, 0.2) is 12.1 Å². The lowest BCUT2D eigenvalue weighted by atomic mass is 9.93. The van der Waals surface area contributed by atoms with E-state index in [4.69, 9.17) is 5.73 Å². The lowest BCUT2D eigenvalue weighted by molar-refractivity contribution is 0.405. The van der Waals surface area contributed by atoms with Crippen molar-refractivity contribution in [3.8, 4) is 0 Å². The van der Waals surface area contributed by atoms with Gasteiger partial charge in [-0.15, -0.1) is 0 Å². The Labute approximate surface area is 87.1 Å². The van der Waals surface area contributed by atoms with Gasteiger partial charge in [0.1, 0.15) is 0 Å². The highest BCUT2D eigenvalue weighted by molar-refractivity contribution is 5.23. The van der Waals surface area contributed by atoms with Gasteiger partial charge in [-0.1, -0.05) is 26.3 Å². The molecular formula is C11H14F3N. The third-order valence-corrected chi connectivity index (χ3v) is 2.68. The molecule has 2 atom stereocenters. The molecular weight excluding hydrogens is 203 g/mol. The zero-order valence-electron chi connectivity index (χ0n) is 8.73. The zero-order valence-corrected chi connectivity index (χ0v) is 8.73. The van der Waals surface area contributed by atoms with Gasteiger partial charge in [0, 0.05) is 11.6 Å². The van der Waals surface area contributed by atoms with E-state index in [9.17, 15) is 13.2 Å². The van der Waals surface area contributed by atoms with Crippen molar-refractivity contribution in [3.05, 3.63) is 35.1 Å². The Bertz CT molecular complexity index is 352. The average molecular weight is 217 g/mol. The second kappa shape index (κ2) is 4.66. The van der Waals surface area contributed by atoms with Gasteiger partial charge in [-0.25, -0.2) is 13.2 Å². The quantitative estimate of drug-likeness (QED) is 0.773. The molecule has 84 valence electrons. The molecule has 1 aromatic carbocycles. The Morgan fingerprint density at radius 3 is 2.33 bits per heavy atom. The summed E-state index contributed by atoms with van der Waals surface area (Å²) in [4.78, 5) is 0. The van der Waals surface area contributed by atoms with Crippen LogP contribution in [0.25, 0.3) is 0 Å². The summed E-state index contributed by atoms with van der Waals surface area (Å²) in [6, 6.07) is 1.49. The van der Waals surface area contributed by atoms with Gasteiger partial charge in [-0.2, -0.15) is 0 Å². The molecule has 0 aromatic heterocycles. The molecule has 0 amide bonds. The number of hydrogen-bond donors (Lipinski definition) is 1. The Balaban J connectivity index is 3.10. The molecule has 0 aliphatic rings. The summed E-state index contributed by atoms with van der Waals surface area (Å²) in [5, 5.41) is 0. The van der Waals surface area contributed by atoms with Crippen LogP contribution in [0.5, 0.6) is 0 Å². The molecule has 4 heteroatoms. The topological polar surface area (TPSA) is 26.0 Å². The predicted octanol–water partition coefficient (Wildman–Crippen LogP) is 3.15. The molecule has 0 aliphatic carbocycles. The Morgan fingerprint density at radius 2 is 1.80 bits per heavy atom. The average Bonchev–Trinajstić information content (AvgIpc) is 2.24. The summed E-state index contributed by atoms with van der Waals surface area (Å²) >= 11 is 0. The number of benzene rings is 1. The van der Waals surface area contributed by atoms with Crippen LogP contribution in [0.3, 0.4) is 0 Å². The van der Waals surface area contributed by atoms with Crippen LogP contribution >= 0.6 is 0 Å². The van der Waals surface area contributed by atoms with Gasteiger partial charge in [-0.3, -0.25) is 0 Å². The third kappa shape index (κ3) is 2.31. The van der Waals surface area contributed by atoms with Crippen LogP contribution in [0.1, 0.15) is 31.9 Å². The molecule has 1 rings (SSSR count). The van der Waals surface area contributed by atoms with E-state index in [1.54, 1.807) is 0 Å². The first-order valence-corrected chi connectivity index (χ1v) is 4.88. The van der Waals surface area contributed by atoms with Gasteiger partial charge in [0.2, 0.25) is 0 Å². The Morgan fingerprint density at radius 1 is 1.20 bits per heavy atom. The van der Waals surface area contributed by atoms with E-state index < -0.39 is 23.5 Å². The highest BCUT2D eigenvalue weighted by Crippen LogP contribution is 2.26. The SMILES string of the molecule is CCC(C)C(N)c1ccc(F)c(F)c1F. The summed E-state index contributed by atoms with van der Waals surface area (Å²) in [7, 11) is 0. The van der Waals surface area contributed by atoms with E-state index >= 15 is 0 Å². The standard InChI is InChI=1S/C11H14F3N/c1-3-6(2)11(15)7-4-5-8(12)10(14)9(7)13/h4-6,11H,3,15H2,1-2H3. The molecule has 0 spiro atoms. The number of nitrogens with two attached hydrogens (primary N) is 1. The monoisotopic (exact) mass is 217 g/mol. The first-order valence-electron chi connectivity index (χ1n) is 4.88. The van der Waals surface area contributed by atoms with Gasteiger partial charge in [-0.05, 0) is 12.0 Å². The zero-order chi connectivity index (χ0) is 11.6. The van der Waals surface area contributed by atoms with E-state index in [2.05, 4.69) is 0 Å². The van der Waals surface area contributed by atoms with Crippen molar-refractivity contribution in [2.45, 2.75) is 26.3 Å².